The Bertz CT molecular complexity index is 929. The van der Waals surface area contributed by atoms with Gasteiger partial charge in [-0.2, -0.15) is 0 Å². The van der Waals surface area contributed by atoms with Crippen LogP contribution in [-0.4, -0.2) is 56.7 Å². The number of ether oxygens (including phenoxy) is 2. The maximum absolute atomic E-state index is 12.9. The smallest absolute Gasteiger partial charge is 0.335 e. The van der Waals surface area contributed by atoms with Gasteiger partial charge in [0.25, 0.3) is 5.91 Å². The van der Waals surface area contributed by atoms with Gasteiger partial charge in [-0.15, -0.1) is 0 Å². The summed E-state index contributed by atoms with van der Waals surface area (Å²) in [5.41, 5.74) is 0.363. The molecule has 2 heterocycles. The molecule has 1 N–H and O–H groups in total. The number of hydrogen-bond acceptors (Lipinski definition) is 6. The molecule has 1 aromatic rings. The summed E-state index contributed by atoms with van der Waals surface area (Å²) in [4.78, 5) is 25.1. The topological polar surface area (TPSA) is 102 Å². The number of benzene rings is 1. The van der Waals surface area contributed by atoms with Crippen LogP contribution in [-0.2, 0) is 30.9 Å². The summed E-state index contributed by atoms with van der Waals surface area (Å²) < 4.78 is 35.6. The summed E-state index contributed by atoms with van der Waals surface area (Å²) in [5.74, 6) is -0.218. The molecule has 0 aromatic heterocycles. The van der Waals surface area contributed by atoms with E-state index in [-0.39, 0.29) is 44.0 Å². The summed E-state index contributed by atoms with van der Waals surface area (Å²) >= 11 is 0. The monoisotopic (exact) mass is 408 g/mol. The predicted octanol–water partition coefficient (Wildman–Crippen LogP) is 0.979. The van der Waals surface area contributed by atoms with Crippen LogP contribution in [0.15, 0.2) is 35.4 Å². The van der Waals surface area contributed by atoms with Crippen LogP contribution >= 0.6 is 0 Å². The lowest BCUT2D eigenvalue weighted by Gasteiger charge is -2.38. The Morgan fingerprint density at radius 2 is 2.00 bits per heavy atom. The molecule has 2 aliphatic rings. The van der Waals surface area contributed by atoms with Crippen molar-refractivity contribution in [2.45, 2.75) is 31.9 Å². The number of nitrogens with zero attached hydrogens (tertiary/aromatic N) is 1. The lowest BCUT2D eigenvalue weighted by atomic mass is 9.83. The van der Waals surface area contributed by atoms with Crippen LogP contribution in [0, 0.1) is 0 Å². The van der Waals surface area contributed by atoms with E-state index >= 15 is 0 Å². The van der Waals surface area contributed by atoms with E-state index in [4.69, 9.17) is 9.47 Å². The first-order chi connectivity index (χ1) is 13.2. The fraction of sp³-hybridized carbons (Fsp3) is 0.474. The molecule has 0 unspecified atom stereocenters. The number of carbonyl (C=O) groups excluding carboxylic acids is 2. The van der Waals surface area contributed by atoms with Crippen LogP contribution in [0.4, 0.5) is 0 Å². The Balaban J connectivity index is 1.76. The SMILES string of the molecule is COc1cccc(CNC(=O)C2=C(C)C(=O)OC23CCN(S(C)(=O)=O)CC3)c1. The molecule has 1 amide bonds. The van der Waals surface area contributed by atoms with Crippen molar-refractivity contribution in [1.82, 2.24) is 9.62 Å². The van der Waals surface area contributed by atoms with Crippen LogP contribution in [0.5, 0.6) is 5.75 Å². The third kappa shape index (κ3) is 3.90. The predicted molar refractivity (Wildman–Crippen MR) is 102 cm³/mol. The van der Waals surface area contributed by atoms with Crippen LogP contribution in [0.3, 0.4) is 0 Å². The molecular formula is C19H24N2O6S. The van der Waals surface area contributed by atoms with Gasteiger partial charge < -0.3 is 14.8 Å². The number of piperidine rings is 1. The number of esters is 1. The Kier molecular flexibility index (Phi) is 5.49. The first-order valence-electron chi connectivity index (χ1n) is 8.97. The lowest BCUT2D eigenvalue weighted by Crippen LogP contribution is -2.50. The van der Waals surface area contributed by atoms with Gasteiger partial charge in [-0.25, -0.2) is 17.5 Å². The molecule has 152 valence electrons. The van der Waals surface area contributed by atoms with Gasteiger partial charge in [0.05, 0.1) is 18.9 Å². The van der Waals surface area contributed by atoms with Gasteiger partial charge >= 0.3 is 5.97 Å². The van der Waals surface area contributed by atoms with E-state index < -0.39 is 21.6 Å². The number of amides is 1. The maximum Gasteiger partial charge on any atom is 0.335 e. The number of rotatable bonds is 5. The first kappa shape index (κ1) is 20.3. The highest BCUT2D eigenvalue weighted by molar-refractivity contribution is 7.88. The van der Waals surface area contributed by atoms with E-state index in [9.17, 15) is 18.0 Å². The molecule has 3 rings (SSSR count). The number of carbonyl (C=O) groups is 2. The number of methoxy groups -OCH3 is 1. The number of nitrogens with one attached hydrogen (secondary N) is 1. The van der Waals surface area contributed by atoms with Crippen LogP contribution in [0.1, 0.15) is 25.3 Å². The van der Waals surface area contributed by atoms with Crippen LogP contribution < -0.4 is 10.1 Å². The van der Waals surface area contributed by atoms with Gasteiger partial charge in [0, 0.05) is 38.0 Å². The fourth-order valence-electron chi connectivity index (χ4n) is 3.71. The number of hydrogen-bond donors (Lipinski definition) is 1. The first-order valence-corrected chi connectivity index (χ1v) is 10.8. The molecule has 0 bridgehead atoms. The van der Waals surface area contributed by atoms with Gasteiger partial charge in [-0.3, -0.25) is 4.79 Å². The third-order valence-electron chi connectivity index (χ3n) is 5.24. The molecule has 0 atom stereocenters. The molecular weight excluding hydrogens is 384 g/mol. The van der Waals surface area contributed by atoms with Crippen molar-refractivity contribution in [3.05, 3.63) is 41.0 Å². The molecule has 1 spiro atoms. The maximum atomic E-state index is 12.9. The molecule has 9 heteroatoms. The second kappa shape index (κ2) is 7.56. The van der Waals surface area contributed by atoms with Crippen molar-refractivity contribution in [2.75, 3.05) is 26.5 Å². The Morgan fingerprint density at radius 1 is 1.32 bits per heavy atom. The summed E-state index contributed by atoms with van der Waals surface area (Å²) in [6, 6.07) is 7.32. The Hall–Kier alpha value is -2.39. The van der Waals surface area contributed by atoms with Gasteiger partial charge in [-0.05, 0) is 24.6 Å². The minimum atomic E-state index is -3.33. The van der Waals surface area contributed by atoms with Crippen LogP contribution in [0.2, 0.25) is 0 Å². The molecule has 1 fully saturated rings. The van der Waals surface area contributed by atoms with Gasteiger partial charge in [0.1, 0.15) is 11.4 Å². The second-order valence-corrected chi connectivity index (χ2v) is 9.06. The summed E-state index contributed by atoms with van der Waals surface area (Å²) in [6.45, 7) is 2.24. The highest BCUT2D eigenvalue weighted by Crippen LogP contribution is 2.41. The summed E-state index contributed by atoms with van der Waals surface area (Å²) in [5, 5.41) is 2.84. The van der Waals surface area contributed by atoms with Gasteiger partial charge in [-0.1, -0.05) is 12.1 Å². The average molecular weight is 408 g/mol. The highest BCUT2D eigenvalue weighted by Gasteiger charge is 2.51. The number of sulfonamides is 1. The minimum Gasteiger partial charge on any atom is -0.497 e. The average Bonchev–Trinajstić information content (AvgIpc) is 2.89. The summed E-state index contributed by atoms with van der Waals surface area (Å²) in [6.07, 6.45) is 1.66. The molecule has 28 heavy (non-hydrogen) atoms. The van der Waals surface area contributed by atoms with E-state index in [2.05, 4.69) is 5.32 Å². The lowest BCUT2D eigenvalue weighted by molar-refractivity contribution is -0.150. The normalized spacial score (nSPS) is 19.6. The van der Waals surface area contributed by atoms with E-state index in [1.54, 1.807) is 14.0 Å². The fourth-order valence-corrected chi connectivity index (χ4v) is 4.56. The molecule has 2 aliphatic heterocycles. The largest absolute Gasteiger partial charge is 0.497 e. The van der Waals surface area contributed by atoms with Crippen molar-refractivity contribution in [3.8, 4) is 5.75 Å². The Labute approximate surface area is 164 Å². The zero-order chi connectivity index (χ0) is 20.5. The minimum absolute atomic E-state index is 0.200. The zero-order valence-electron chi connectivity index (χ0n) is 16.1. The standard InChI is InChI=1S/C19H24N2O6S/c1-13-16(17(22)20-12-14-5-4-6-15(11-14)26-2)19(27-18(13)23)7-9-21(10-8-19)28(3,24)25/h4-6,11H,7-10,12H2,1-3H3,(H,20,22). The van der Waals surface area contributed by atoms with E-state index in [1.807, 2.05) is 24.3 Å². The van der Waals surface area contributed by atoms with Crippen LogP contribution in [0.25, 0.3) is 0 Å². The van der Waals surface area contributed by atoms with Gasteiger partial charge in [0.15, 0.2) is 0 Å². The quantitative estimate of drug-likeness (QED) is 0.729. The summed E-state index contributed by atoms with van der Waals surface area (Å²) in [7, 11) is -1.76. The van der Waals surface area contributed by atoms with Crippen molar-refractivity contribution in [3.63, 3.8) is 0 Å². The Morgan fingerprint density at radius 3 is 2.61 bits per heavy atom. The third-order valence-corrected chi connectivity index (χ3v) is 6.54. The van der Waals surface area contributed by atoms with Crippen molar-refractivity contribution in [1.29, 1.82) is 0 Å². The van der Waals surface area contributed by atoms with Crippen molar-refractivity contribution >= 4 is 21.9 Å². The van der Waals surface area contributed by atoms with E-state index in [0.717, 1.165) is 11.8 Å². The molecule has 0 radical (unpaired) electrons. The van der Waals surface area contributed by atoms with Crippen molar-refractivity contribution < 1.29 is 27.5 Å². The zero-order valence-corrected chi connectivity index (χ0v) is 17.0. The highest BCUT2D eigenvalue weighted by atomic mass is 32.2. The second-order valence-electron chi connectivity index (χ2n) is 7.08. The van der Waals surface area contributed by atoms with Gasteiger partial charge in [0.2, 0.25) is 10.0 Å². The molecule has 0 saturated carbocycles. The molecule has 8 nitrogen and oxygen atoms in total. The molecule has 1 aromatic carbocycles. The molecule has 1 saturated heterocycles. The van der Waals surface area contributed by atoms with Crippen molar-refractivity contribution in [2.24, 2.45) is 0 Å². The molecule has 0 aliphatic carbocycles. The van der Waals surface area contributed by atoms with E-state index in [0.29, 0.717) is 11.3 Å². The van der Waals surface area contributed by atoms with E-state index in [1.165, 1.54) is 4.31 Å².